The predicted molar refractivity (Wildman–Crippen MR) is 58.9 cm³/mol. The van der Waals surface area contributed by atoms with Crippen molar-refractivity contribution in [1.29, 1.82) is 0 Å². The maximum Gasteiger partial charge on any atom is 0.140 e. The number of benzene rings is 1. The second kappa shape index (κ2) is 3.10. The van der Waals surface area contributed by atoms with Gasteiger partial charge in [-0.05, 0) is 47.7 Å². The summed E-state index contributed by atoms with van der Waals surface area (Å²) in [5.41, 5.74) is 13.0. The summed E-state index contributed by atoms with van der Waals surface area (Å²) >= 11 is 1.90. The summed E-state index contributed by atoms with van der Waals surface area (Å²) in [5.74, 6) is 0. The standard InChI is InChI=1S/C8H11IN2O/c1-8(9,12)6-4-5(10)2-3-7(6)11/h2-4,12H,10-11H2,1H3. The van der Waals surface area contributed by atoms with Gasteiger partial charge in [0.1, 0.15) is 3.61 Å². The van der Waals surface area contributed by atoms with E-state index in [0.29, 0.717) is 16.9 Å². The molecule has 0 spiro atoms. The van der Waals surface area contributed by atoms with Crippen LogP contribution < -0.4 is 11.5 Å². The summed E-state index contributed by atoms with van der Waals surface area (Å²) < 4.78 is -0.961. The van der Waals surface area contributed by atoms with Crippen molar-refractivity contribution in [2.24, 2.45) is 0 Å². The van der Waals surface area contributed by atoms with Gasteiger partial charge in [0, 0.05) is 16.9 Å². The zero-order chi connectivity index (χ0) is 9.35. The van der Waals surface area contributed by atoms with Gasteiger partial charge in [-0.3, -0.25) is 0 Å². The van der Waals surface area contributed by atoms with Gasteiger partial charge in [-0.25, -0.2) is 0 Å². The van der Waals surface area contributed by atoms with Crippen LogP contribution in [-0.4, -0.2) is 5.11 Å². The molecular formula is C8H11IN2O. The van der Waals surface area contributed by atoms with Gasteiger partial charge in [-0.2, -0.15) is 0 Å². The highest BCUT2D eigenvalue weighted by atomic mass is 127. The summed E-state index contributed by atoms with van der Waals surface area (Å²) in [6, 6.07) is 5.08. The quantitative estimate of drug-likeness (QED) is 0.413. The molecule has 4 heteroatoms. The summed E-state index contributed by atoms with van der Waals surface area (Å²) in [7, 11) is 0. The van der Waals surface area contributed by atoms with E-state index in [1.807, 2.05) is 22.6 Å². The molecule has 1 rings (SSSR count). The number of anilines is 2. The molecule has 0 amide bonds. The Hall–Kier alpha value is -0.490. The number of hydrogen-bond acceptors (Lipinski definition) is 3. The molecule has 0 heterocycles. The molecule has 1 aromatic rings. The minimum Gasteiger partial charge on any atom is -0.399 e. The third kappa shape index (κ3) is 2.01. The average molecular weight is 278 g/mol. The van der Waals surface area contributed by atoms with Crippen molar-refractivity contribution in [3.8, 4) is 0 Å². The molecule has 1 aromatic carbocycles. The lowest BCUT2D eigenvalue weighted by Crippen LogP contribution is -2.14. The maximum atomic E-state index is 9.65. The lowest BCUT2D eigenvalue weighted by atomic mass is 10.1. The van der Waals surface area contributed by atoms with Gasteiger partial charge >= 0.3 is 0 Å². The summed E-state index contributed by atoms with van der Waals surface area (Å²) in [5, 5.41) is 9.65. The van der Waals surface area contributed by atoms with Crippen molar-refractivity contribution in [2.75, 3.05) is 11.5 Å². The fourth-order valence-electron chi connectivity index (χ4n) is 0.969. The molecule has 1 unspecified atom stereocenters. The van der Waals surface area contributed by atoms with E-state index in [2.05, 4.69) is 0 Å². The van der Waals surface area contributed by atoms with Crippen molar-refractivity contribution >= 4 is 34.0 Å². The van der Waals surface area contributed by atoms with Crippen LogP contribution in [0.15, 0.2) is 18.2 Å². The Kier molecular flexibility index (Phi) is 2.48. The number of halogens is 1. The number of aliphatic hydroxyl groups is 1. The van der Waals surface area contributed by atoms with Crippen LogP contribution in [0.2, 0.25) is 0 Å². The Morgan fingerprint density at radius 1 is 1.42 bits per heavy atom. The molecule has 0 radical (unpaired) electrons. The van der Waals surface area contributed by atoms with E-state index in [-0.39, 0.29) is 0 Å². The van der Waals surface area contributed by atoms with Gasteiger partial charge in [0.05, 0.1) is 0 Å². The van der Waals surface area contributed by atoms with E-state index in [1.54, 1.807) is 25.1 Å². The zero-order valence-corrected chi connectivity index (χ0v) is 8.87. The van der Waals surface area contributed by atoms with Crippen LogP contribution in [0.5, 0.6) is 0 Å². The van der Waals surface area contributed by atoms with Gasteiger partial charge in [0.25, 0.3) is 0 Å². The van der Waals surface area contributed by atoms with Crippen LogP contribution in [0.1, 0.15) is 12.5 Å². The molecule has 1 atom stereocenters. The molecule has 0 aliphatic rings. The smallest absolute Gasteiger partial charge is 0.140 e. The van der Waals surface area contributed by atoms with Crippen molar-refractivity contribution in [3.63, 3.8) is 0 Å². The number of rotatable bonds is 1. The Balaban J connectivity index is 3.23. The second-order valence-corrected chi connectivity index (χ2v) is 4.90. The fraction of sp³-hybridized carbons (Fsp3) is 0.250. The summed E-state index contributed by atoms with van der Waals surface area (Å²) in [6.07, 6.45) is 0. The molecule has 0 bridgehead atoms. The van der Waals surface area contributed by atoms with Crippen LogP contribution in [0, 0.1) is 0 Å². The van der Waals surface area contributed by atoms with E-state index in [1.165, 1.54) is 0 Å². The first-order chi connectivity index (χ1) is 5.41. The van der Waals surface area contributed by atoms with Crippen LogP contribution in [0.25, 0.3) is 0 Å². The van der Waals surface area contributed by atoms with Crippen LogP contribution in [0.4, 0.5) is 11.4 Å². The van der Waals surface area contributed by atoms with Crippen molar-refractivity contribution in [1.82, 2.24) is 0 Å². The van der Waals surface area contributed by atoms with E-state index in [4.69, 9.17) is 11.5 Å². The third-order valence-electron chi connectivity index (χ3n) is 1.57. The van der Waals surface area contributed by atoms with Crippen LogP contribution >= 0.6 is 22.6 Å². The Bertz CT molecular complexity index is 294. The van der Waals surface area contributed by atoms with E-state index in [0.717, 1.165) is 0 Å². The zero-order valence-electron chi connectivity index (χ0n) is 6.71. The maximum absolute atomic E-state index is 9.65. The molecule has 0 fully saturated rings. The minimum absolute atomic E-state index is 0.559. The van der Waals surface area contributed by atoms with Gasteiger partial charge in [-0.15, -0.1) is 0 Å². The van der Waals surface area contributed by atoms with E-state index < -0.39 is 3.61 Å². The lowest BCUT2D eigenvalue weighted by molar-refractivity contribution is 0.179. The number of hydrogen-bond donors (Lipinski definition) is 3. The van der Waals surface area contributed by atoms with Crippen molar-refractivity contribution in [3.05, 3.63) is 23.8 Å². The molecule has 0 aliphatic carbocycles. The van der Waals surface area contributed by atoms with E-state index >= 15 is 0 Å². The average Bonchev–Trinajstić information content (AvgIpc) is 1.92. The van der Waals surface area contributed by atoms with Gasteiger partial charge < -0.3 is 16.6 Å². The third-order valence-corrected chi connectivity index (χ3v) is 2.15. The molecule has 0 aliphatic heterocycles. The SMILES string of the molecule is CC(O)(I)c1cc(N)ccc1N. The molecular weight excluding hydrogens is 267 g/mol. The van der Waals surface area contributed by atoms with Gasteiger partial charge in [0.2, 0.25) is 0 Å². The molecule has 5 N–H and O–H groups in total. The lowest BCUT2D eigenvalue weighted by Gasteiger charge is -2.18. The van der Waals surface area contributed by atoms with Crippen molar-refractivity contribution in [2.45, 2.75) is 10.5 Å². The highest BCUT2D eigenvalue weighted by Crippen LogP contribution is 2.33. The topological polar surface area (TPSA) is 72.3 Å². The highest BCUT2D eigenvalue weighted by Gasteiger charge is 2.20. The van der Waals surface area contributed by atoms with Gasteiger partial charge in [-0.1, -0.05) is 0 Å². The Morgan fingerprint density at radius 3 is 2.42 bits per heavy atom. The normalized spacial score (nSPS) is 15.6. The fourth-order valence-corrected chi connectivity index (χ4v) is 1.44. The first kappa shape index (κ1) is 9.60. The monoisotopic (exact) mass is 278 g/mol. The Morgan fingerprint density at radius 2 is 2.00 bits per heavy atom. The molecule has 0 saturated carbocycles. The molecule has 0 aromatic heterocycles. The number of nitrogen functional groups attached to an aromatic ring is 2. The minimum atomic E-state index is -0.961. The molecule has 66 valence electrons. The Labute approximate surface area is 84.9 Å². The van der Waals surface area contributed by atoms with Crippen molar-refractivity contribution < 1.29 is 5.11 Å². The second-order valence-electron chi connectivity index (χ2n) is 2.80. The first-order valence-electron chi connectivity index (χ1n) is 3.48. The van der Waals surface area contributed by atoms with Crippen LogP contribution in [0.3, 0.4) is 0 Å². The number of alkyl halides is 1. The first-order valence-corrected chi connectivity index (χ1v) is 4.56. The highest BCUT2D eigenvalue weighted by molar-refractivity contribution is 14.1. The predicted octanol–water partition coefficient (Wildman–Crippen LogP) is 1.45. The molecule has 3 nitrogen and oxygen atoms in total. The number of nitrogens with two attached hydrogens (primary N) is 2. The molecule has 12 heavy (non-hydrogen) atoms. The molecule has 0 saturated heterocycles. The van der Waals surface area contributed by atoms with E-state index in [9.17, 15) is 5.11 Å². The summed E-state index contributed by atoms with van der Waals surface area (Å²) in [4.78, 5) is 0. The van der Waals surface area contributed by atoms with Crippen LogP contribution in [-0.2, 0) is 3.61 Å². The largest absolute Gasteiger partial charge is 0.399 e. The summed E-state index contributed by atoms with van der Waals surface area (Å²) in [6.45, 7) is 1.67. The van der Waals surface area contributed by atoms with Gasteiger partial charge in [0.15, 0.2) is 0 Å².